The van der Waals surface area contributed by atoms with Crippen molar-refractivity contribution >= 4 is 5.76 Å². The molecule has 8 heteroatoms. The Morgan fingerprint density at radius 1 is 0.757 bits per heavy atom. The predicted octanol–water partition coefficient (Wildman–Crippen LogP) is 5.32. The molecule has 0 amide bonds. The molecule has 1 fully saturated rings. The van der Waals surface area contributed by atoms with Crippen molar-refractivity contribution in [3.05, 3.63) is 41.2 Å². The van der Waals surface area contributed by atoms with Crippen LogP contribution in [0.1, 0.15) is 43.2 Å². The van der Waals surface area contributed by atoms with E-state index in [4.69, 9.17) is 33.2 Å². The Hall–Kier alpha value is -3.26. The van der Waals surface area contributed by atoms with Crippen molar-refractivity contribution in [1.82, 2.24) is 4.90 Å². The van der Waals surface area contributed by atoms with Crippen LogP contribution in [0.2, 0.25) is 0 Å². The third kappa shape index (κ3) is 6.18. The Labute approximate surface area is 220 Å². The molecule has 202 valence electrons. The molecule has 0 radical (unpaired) electrons. The minimum atomic E-state index is 0.522. The summed E-state index contributed by atoms with van der Waals surface area (Å²) in [5, 5.41) is 0. The second-order valence-electron chi connectivity index (χ2n) is 9.21. The molecule has 0 bridgehead atoms. The summed E-state index contributed by atoms with van der Waals surface area (Å²) in [6, 6.07) is 7.48. The van der Waals surface area contributed by atoms with Crippen molar-refractivity contribution in [2.75, 3.05) is 61.8 Å². The number of rotatable bonds is 12. The number of methoxy groups -OCH3 is 5. The molecular formula is C29H39NO7. The fraction of sp³-hybridized carbons (Fsp3) is 0.517. The zero-order chi connectivity index (χ0) is 26.2. The number of allylic oxidation sites excluding steroid dienone is 1. The summed E-state index contributed by atoms with van der Waals surface area (Å²) in [7, 11) is 8.06. The Bertz CT molecular complexity index is 1070. The quantitative estimate of drug-likeness (QED) is 0.354. The Balaban J connectivity index is 1.61. The van der Waals surface area contributed by atoms with Crippen LogP contribution in [0.25, 0.3) is 5.76 Å². The highest BCUT2D eigenvalue weighted by molar-refractivity contribution is 5.73. The van der Waals surface area contributed by atoms with Gasteiger partial charge in [0.15, 0.2) is 17.3 Å². The van der Waals surface area contributed by atoms with E-state index in [1.807, 2.05) is 24.3 Å². The smallest absolute Gasteiger partial charge is 0.203 e. The second kappa shape index (κ2) is 12.8. The van der Waals surface area contributed by atoms with Crippen LogP contribution < -0.4 is 28.4 Å². The van der Waals surface area contributed by atoms with E-state index in [0.717, 1.165) is 36.3 Å². The van der Waals surface area contributed by atoms with E-state index in [1.54, 1.807) is 35.5 Å². The van der Waals surface area contributed by atoms with Gasteiger partial charge < -0.3 is 38.1 Å². The number of fused-ring (bicyclic) bond motifs is 1. The van der Waals surface area contributed by atoms with E-state index in [0.29, 0.717) is 53.3 Å². The lowest BCUT2D eigenvalue weighted by atomic mass is 10.0. The number of benzene rings is 2. The summed E-state index contributed by atoms with van der Waals surface area (Å²) < 4.78 is 40.7. The fourth-order valence-electron chi connectivity index (χ4n) is 4.93. The molecule has 4 rings (SSSR count). The van der Waals surface area contributed by atoms with Crippen molar-refractivity contribution < 1.29 is 33.2 Å². The molecule has 2 aromatic carbocycles. The second-order valence-corrected chi connectivity index (χ2v) is 9.21. The molecule has 2 aliphatic heterocycles. The van der Waals surface area contributed by atoms with E-state index in [2.05, 4.69) is 4.90 Å². The minimum Gasteiger partial charge on any atom is -0.496 e. The Morgan fingerprint density at radius 3 is 2.08 bits per heavy atom. The highest BCUT2D eigenvalue weighted by atomic mass is 16.5. The van der Waals surface area contributed by atoms with Crippen LogP contribution >= 0.6 is 0 Å². The average molecular weight is 514 g/mol. The van der Waals surface area contributed by atoms with Gasteiger partial charge in [0.05, 0.1) is 42.2 Å². The van der Waals surface area contributed by atoms with Gasteiger partial charge in [0.1, 0.15) is 23.0 Å². The van der Waals surface area contributed by atoms with Crippen molar-refractivity contribution in [3.8, 4) is 34.5 Å². The Kier molecular flexibility index (Phi) is 9.28. The SMILES string of the molecule is COc1cc(OC)c2c(c1)OC(c1cc(OC)c(OC)c(OC)c1)=C(OCCCCN1CCCCC1)C2. The molecule has 0 unspecified atom stereocenters. The van der Waals surface area contributed by atoms with Crippen molar-refractivity contribution in [2.45, 2.75) is 38.5 Å². The molecule has 2 aliphatic rings. The summed E-state index contributed by atoms with van der Waals surface area (Å²) in [6.07, 6.45) is 6.57. The molecule has 0 spiro atoms. The van der Waals surface area contributed by atoms with Gasteiger partial charge in [-0.1, -0.05) is 6.42 Å². The van der Waals surface area contributed by atoms with E-state index >= 15 is 0 Å². The highest BCUT2D eigenvalue weighted by Gasteiger charge is 2.28. The van der Waals surface area contributed by atoms with Gasteiger partial charge in [-0.3, -0.25) is 0 Å². The number of ether oxygens (including phenoxy) is 7. The van der Waals surface area contributed by atoms with Gasteiger partial charge in [-0.15, -0.1) is 0 Å². The van der Waals surface area contributed by atoms with E-state index in [1.165, 1.54) is 32.4 Å². The summed E-state index contributed by atoms with van der Waals surface area (Å²) in [4.78, 5) is 2.56. The van der Waals surface area contributed by atoms with Gasteiger partial charge in [-0.2, -0.15) is 0 Å². The van der Waals surface area contributed by atoms with E-state index in [9.17, 15) is 0 Å². The maximum Gasteiger partial charge on any atom is 0.203 e. The molecule has 2 heterocycles. The first-order chi connectivity index (χ1) is 18.1. The summed E-state index contributed by atoms with van der Waals surface area (Å²) in [5.74, 6) is 4.98. The fourth-order valence-corrected chi connectivity index (χ4v) is 4.93. The summed E-state index contributed by atoms with van der Waals surface area (Å²) >= 11 is 0. The molecular weight excluding hydrogens is 474 g/mol. The van der Waals surface area contributed by atoms with Gasteiger partial charge in [0.2, 0.25) is 5.75 Å². The third-order valence-corrected chi connectivity index (χ3v) is 6.92. The number of likely N-dealkylation sites (tertiary alicyclic amines) is 1. The Morgan fingerprint density at radius 2 is 1.46 bits per heavy atom. The minimum absolute atomic E-state index is 0.522. The van der Waals surface area contributed by atoms with Gasteiger partial charge in [-0.05, 0) is 57.5 Å². The van der Waals surface area contributed by atoms with Crippen LogP contribution in [-0.4, -0.2) is 66.7 Å². The number of hydrogen-bond donors (Lipinski definition) is 0. The highest BCUT2D eigenvalue weighted by Crippen LogP contribution is 2.45. The van der Waals surface area contributed by atoms with Gasteiger partial charge in [-0.25, -0.2) is 0 Å². The maximum absolute atomic E-state index is 6.47. The monoisotopic (exact) mass is 513 g/mol. The molecule has 0 aliphatic carbocycles. The van der Waals surface area contributed by atoms with Gasteiger partial charge >= 0.3 is 0 Å². The third-order valence-electron chi connectivity index (χ3n) is 6.92. The first-order valence-corrected chi connectivity index (χ1v) is 12.9. The van der Waals surface area contributed by atoms with Crippen molar-refractivity contribution in [2.24, 2.45) is 0 Å². The molecule has 37 heavy (non-hydrogen) atoms. The molecule has 8 nitrogen and oxygen atoms in total. The standard InChI is InChI=1S/C29H39NO7/c1-31-21-17-23(32-2)22-19-27(36-14-10-9-13-30-11-7-6-8-12-30)28(37-24(22)18-21)20-15-25(33-3)29(35-5)26(16-20)34-4/h15-18H,6-14,19H2,1-5H3. The molecule has 0 N–H and O–H groups in total. The molecule has 0 aromatic heterocycles. The lowest BCUT2D eigenvalue weighted by Gasteiger charge is -2.27. The molecule has 1 saturated heterocycles. The molecule has 0 atom stereocenters. The van der Waals surface area contributed by atoms with E-state index in [-0.39, 0.29) is 0 Å². The molecule has 0 saturated carbocycles. The maximum atomic E-state index is 6.47. The lowest BCUT2D eigenvalue weighted by Crippen LogP contribution is -2.30. The van der Waals surface area contributed by atoms with Crippen LogP contribution in [0.15, 0.2) is 30.0 Å². The van der Waals surface area contributed by atoms with Crippen LogP contribution in [0.5, 0.6) is 34.5 Å². The normalized spacial score (nSPS) is 15.5. The van der Waals surface area contributed by atoms with Gasteiger partial charge in [0.25, 0.3) is 0 Å². The zero-order valence-electron chi connectivity index (χ0n) is 22.7. The molecule has 2 aromatic rings. The topological polar surface area (TPSA) is 67.9 Å². The average Bonchev–Trinajstić information content (AvgIpc) is 2.95. The number of piperidine rings is 1. The first-order valence-electron chi connectivity index (χ1n) is 12.9. The number of nitrogens with zero attached hydrogens (tertiary/aromatic N) is 1. The largest absolute Gasteiger partial charge is 0.496 e. The summed E-state index contributed by atoms with van der Waals surface area (Å²) in [5.41, 5.74) is 1.69. The summed E-state index contributed by atoms with van der Waals surface area (Å²) in [6.45, 7) is 4.15. The van der Waals surface area contributed by atoms with E-state index < -0.39 is 0 Å². The first kappa shape index (κ1) is 26.8. The zero-order valence-corrected chi connectivity index (χ0v) is 22.7. The van der Waals surface area contributed by atoms with Crippen molar-refractivity contribution in [1.29, 1.82) is 0 Å². The van der Waals surface area contributed by atoms with Crippen LogP contribution in [0.4, 0.5) is 0 Å². The predicted molar refractivity (Wildman–Crippen MR) is 142 cm³/mol. The number of unbranched alkanes of at least 4 members (excludes halogenated alkanes) is 1. The van der Waals surface area contributed by atoms with Crippen molar-refractivity contribution in [3.63, 3.8) is 0 Å². The van der Waals surface area contributed by atoms with Crippen LogP contribution in [-0.2, 0) is 11.2 Å². The van der Waals surface area contributed by atoms with Crippen LogP contribution in [0, 0.1) is 0 Å². The number of hydrogen-bond acceptors (Lipinski definition) is 8. The lowest BCUT2D eigenvalue weighted by molar-refractivity contribution is 0.176. The van der Waals surface area contributed by atoms with Crippen LogP contribution in [0.3, 0.4) is 0 Å². The van der Waals surface area contributed by atoms with Gasteiger partial charge in [0, 0.05) is 29.7 Å².